The van der Waals surface area contributed by atoms with Crippen molar-refractivity contribution in [1.82, 2.24) is 10.4 Å². The van der Waals surface area contributed by atoms with Gasteiger partial charge < -0.3 is 9.84 Å². The standard InChI is InChI=1S/C18H14ClN3O3S/c1-25-15-7-2-11(8-14(15)23)9-21-22-17(24)16-10-20-18(26-16)12-3-5-13(19)6-4-12/h2-10,23H,1H3,(H,22,24)/b21-9+. The molecule has 0 spiro atoms. The summed E-state index contributed by atoms with van der Waals surface area (Å²) in [5, 5.41) is 15.0. The maximum atomic E-state index is 12.2. The van der Waals surface area contributed by atoms with Crippen molar-refractivity contribution in [3.8, 4) is 22.1 Å². The number of carbonyl (C=O) groups is 1. The second kappa shape index (κ2) is 7.99. The Morgan fingerprint density at radius 2 is 2.08 bits per heavy atom. The molecule has 0 radical (unpaired) electrons. The molecule has 0 saturated carbocycles. The van der Waals surface area contributed by atoms with E-state index in [1.54, 1.807) is 24.3 Å². The van der Waals surface area contributed by atoms with E-state index in [9.17, 15) is 9.90 Å². The topological polar surface area (TPSA) is 83.8 Å². The fourth-order valence-corrected chi connectivity index (χ4v) is 3.05. The van der Waals surface area contributed by atoms with Crippen LogP contribution in [0.15, 0.2) is 53.8 Å². The molecule has 26 heavy (non-hydrogen) atoms. The number of phenolic OH excluding ortho intramolecular Hbond substituents is 1. The highest BCUT2D eigenvalue weighted by Gasteiger charge is 2.11. The third-order valence-corrected chi connectivity index (χ3v) is 4.70. The first-order valence-corrected chi connectivity index (χ1v) is 8.68. The molecule has 0 atom stereocenters. The van der Waals surface area contributed by atoms with Gasteiger partial charge in [0.05, 0.1) is 19.5 Å². The maximum absolute atomic E-state index is 12.2. The van der Waals surface area contributed by atoms with E-state index in [0.29, 0.717) is 21.2 Å². The summed E-state index contributed by atoms with van der Waals surface area (Å²) in [6.07, 6.45) is 2.93. The summed E-state index contributed by atoms with van der Waals surface area (Å²) >= 11 is 7.13. The van der Waals surface area contributed by atoms with Gasteiger partial charge in [0.1, 0.15) is 9.88 Å². The number of aromatic nitrogens is 1. The average molecular weight is 388 g/mol. The second-order valence-electron chi connectivity index (χ2n) is 5.17. The largest absolute Gasteiger partial charge is 0.504 e. The molecule has 2 N–H and O–H groups in total. The van der Waals surface area contributed by atoms with Crippen LogP contribution in [0.4, 0.5) is 0 Å². The number of nitrogens with one attached hydrogen (secondary N) is 1. The summed E-state index contributed by atoms with van der Waals surface area (Å²) in [5.41, 5.74) is 3.94. The Morgan fingerprint density at radius 1 is 1.31 bits per heavy atom. The van der Waals surface area contributed by atoms with E-state index in [2.05, 4.69) is 15.5 Å². The Hall–Kier alpha value is -2.90. The van der Waals surface area contributed by atoms with E-state index in [4.69, 9.17) is 16.3 Å². The average Bonchev–Trinajstić information content (AvgIpc) is 3.12. The highest BCUT2D eigenvalue weighted by Crippen LogP contribution is 2.27. The lowest BCUT2D eigenvalue weighted by Crippen LogP contribution is -2.16. The summed E-state index contributed by atoms with van der Waals surface area (Å²) < 4.78 is 4.97. The predicted molar refractivity (Wildman–Crippen MR) is 102 cm³/mol. The fraction of sp³-hybridized carbons (Fsp3) is 0.0556. The first-order chi connectivity index (χ1) is 12.6. The van der Waals surface area contributed by atoms with Crippen molar-refractivity contribution in [3.05, 3.63) is 64.1 Å². The van der Waals surface area contributed by atoms with Crippen molar-refractivity contribution in [2.45, 2.75) is 0 Å². The van der Waals surface area contributed by atoms with Crippen molar-refractivity contribution >= 4 is 35.1 Å². The summed E-state index contributed by atoms with van der Waals surface area (Å²) in [6.45, 7) is 0. The number of aromatic hydroxyl groups is 1. The zero-order valence-electron chi connectivity index (χ0n) is 13.6. The maximum Gasteiger partial charge on any atom is 0.283 e. The predicted octanol–water partition coefficient (Wildman–Crippen LogP) is 3.94. The monoisotopic (exact) mass is 387 g/mol. The Kier molecular flexibility index (Phi) is 5.50. The summed E-state index contributed by atoms with van der Waals surface area (Å²) in [6, 6.07) is 12.0. The molecule has 0 aliphatic heterocycles. The Morgan fingerprint density at radius 3 is 2.77 bits per heavy atom. The molecule has 1 heterocycles. The lowest BCUT2D eigenvalue weighted by molar-refractivity contribution is 0.0959. The number of ether oxygens (including phenoxy) is 1. The van der Waals surface area contributed by atoms with E-state index in [0.717, 1.165) is 10.6 Å². The van der Waals surface area contributed by atoms with Crippen LogP contribution in [0.5, 0.6) is 11.5 Å². The molecule has 0 saturated heterocycles. The van der Waals surface area contributed by atoms with Gasteiger partial charge in [0.2, 0.25) is 0 Å². The molecule has 0 fully saturated rings. The van der Waals surface area contributed by atoms with Crippen LogP contribution in [0.3, 0.4) is 0 Å². The van der Waals surface area contributed by atoms with Crippen LogP contribution in [-0.4, -0.2) is 29.3 Å². The van der Waals surface area contributed by atoms with E-state index in [1.807, 2.05) is 12.1 Å². The van der Waals surface area contributed by atoms with Gasteiger partial charge in [-0.15, -0.1) is 11.3 Å². The van der Waals surface area contributed by atoms with Crippen LogP contribution in [0.25, 0.3) is 10.6 Å². The Balaban J connectivity index is 1.65. The number of halogens is 1. The number of carbonyl (C=O) groups excluding carboxylic acids is 1. The fourth-order valence-electron chi connectivity index (χ4n) is 2.11. The van der Waals surface area contributed by atoms with Crippen molar-refractivity contribution < 1.29 is 14.6 Å². The molecule has 1 aromatic heterocycles. The molecule has 8 heteroatoms. The molecule has 0 bridgehead atoms. The van der Waals surface area contributed by atoms with Gasteiger partial charge in [-0.2, -0.15) is 5.10 Å². The van der Waals surface area contributed by atoms with Crippen LogP contribution < -0.4 is 10.2 Å². The van der Waals surface area contributed by atoms with Gasteiger partial charge in [0, 0.05) is 10.6 Å². The first-order valence-electron chi connectivity index (χ1n) is 7.49. The van der Waals surface area contributed by atoms with Crippen molar-refractivity contribution in [2.75, 3.05) is 7.11 Å². The van der Waals surface area contributed by atoms with Crippen molar-refractivity contribution in [2.24, 2.45) is 5.10 Å². The molecule has 3 aromatic rings. The number of nitrogens with zero attached hydrogens (tertiary/aromatic N) is 2. The lowest BCUT2D eigenvalue weighted by Gasteiger charge is -2.03. The SMILES string of the molecule is COc1ccc(/C=N/NC(=O)c2cnc(-c3ccc(Cl)cc3)s2)cc1O. The van der Waals surface area contributed by atoms with Gasteiger partial charge in [-0.25, -0.2) is 10.4 Å². The quantitative estimate of drug-likeness (QED) is 0.513. The molecule has 0 aliphatic rings. The zero-order valence-corrected chi connectivity index (χ0v) is 15.2. The van der Waals surface area contributed by atoms with Gasteiger partial charge in [0.25, 0.3) is 5.91 Å². The molecule has 1 amide bonds. The van der Waals surface area contributed by atoms with E-state index < -0.39 is 0 Å². The van der Waals surface area contributed by atoms with E-state index in [1.165, 1.54) is 36.9 Å². The van der Waals surface area contributed by atoms with E-state index in [-0.39, 0.29) is 11.7 Å². The highest BCUT2D eigenvalue weighted by molar-refractivity contribution is 7.16. The van der Waals surface area contributed by atoms with Gasteiger partial charge in [-0.3, -0.25) is 4.79 Å². The number of rotatable bonds is 5. The summed E-state index contributed by atoms with van der Waals surface area (Å²) in [5.74, 6) is 0.000103. The Bertz CT molecular complexity index is 955. The van der Waals surface area contributed by atoms with Crippen LogP contribution >= 0.6 is 22.9 Å². The third kappa shape index (κ3) is 4.19. The van der Waals surface area contributed by atoms with Crippen molar-refractivity contribution in [1.29, 1.82) is 0 Å². The minimum Gasteiger partial charge on any atom is -0.504 e. The van der Waals surface area contributed by atoms with Gasteiger partial charge in [-0.1, -0.05) is 23.7 Å². The highest BCUT2D eigenvalue weighted by atomic mass is 35.5. The minimum atomic E-state index is -0.364. The lowest BCUT2D eigenvalue weighted by atomic mass is 10.2. The molecule has 3 rings (SSSR count). The molecular weight excluding hydrogens is 374 g/mol. The molecular formula is C18H14ClN3O3S. The van der Waals surface area contributed by atoms with Gasteiger partial charge in [-0.05, 0) is 35.9 Å². The number of hydrogen-bond acceptors (Lipinski definition) is 6. The molecule has 132 valence electrons. The smallest absolute Gasteiger partial charge is 0.283 e. The number of phenols is 1. The summed E-state index contributed by atoms with van der Waals surface area (Å²) in [7, 11) is 1.47. The number of amides is 1. The third-order valence-electron chi connectivity index (χ3n) is 3.40. The van der Waals surface area contributed by atoms with Crippen molar-refractivity contribution in [3.63, 3.8) is 0 Å². The minimum absolute atomic E-state index is 0.00200. The normalized spacial score (nSPS) is 10.8. The van der Waals surface area contributed by atoms with Gasteiger partial charge >= 0.3 is 0 Å². The van der Waals surface area contributed by atoms with Crippen LogP contribution in [0, 0.1) is 0 Å². The van der Waals surface area contributed by atoms with Crippen LogP contribution in [0.1, 0.15) is 15.2 Å². The zero-order chi connectivity index (χ0) is 18.5. The number of hydrazone groups is 1. The Labute approximate surface area is 158 Å². The number of benzene rings is 2. The molecule has 6 nitrogen and oxygen atoms in total. The number of thiazole rings is 1. The summed E-state index contributed by atoms with van der Waals surface area (Å²) in [4.78, 5) is 16.8. The molecule has 2 aromatic carbocycles. The molecule has 0 aliphatic carbocycles. The van der Waals surface area contributed by atoms with E-state index >= 15 is 0 Å². The second-order valence-corrected chi connectivity index (χ2v) is 6.63. The van der Waals surface area contributed by atoms with Crippen LogP contribution in [-0.2, 0) is 0 Å². The molecule has 0 unspecified atom stereocenters. The van der Waals surface area contributed by atoms with Gasteiger partial charge in [0.15, 0.2) is 11.5 Å². The number of hydrogen-bond donors (Lipinski definition) is 2. The first kappa shape index (κ1) is 17.9. The van der Waals surface area contributed by atoms with Crippen LogP contribution in [0.2, 0.25) is 5.02 Å². The number of methoxy groups -OCH3 is 1.